The zero-order chi connectivity index (χ0) is 19.8. The molecule has 0 unspecified atom stereocenters. The molecule has 0 saturated carbocycles. The second kappa shape index (κ2) is 10.0. The highest BCUT2D eigenvalue weighted by Crippen LogP contribution is 2.20. The summed E-state index contributed by atoms with van der Waals surface area (Å²) >= 11 is 0. The second-order valence-electron chi connectivity index (χ2n) is 7.18. The molecular weight excluding hydrogens is 350 g/mol. The van der Waals surface area contributed by atoms with Crippen molar-refractivity contribution in [1.29, 1.82) is 0 Å². The van der Waals surface area contributed by atoms with E-state index in [-0.39, 0.29) is 12.5 Å². The van der Waals surface area contributed by atoms with E-state index in [9.17, 15) is 4.79 Å². The molecule has 1 aromatic heterocycles. The van der Waals surface area contributed by atoms with Crippen LogP contribution in [0.25, 0.3) is 11.0 Å². The standard InChI is InChI=1S/C23H29N3O2/c1-18-11-13-19(14-12-18)16-26-21-9-6-5-8-20(21)25-22(26)10-4-3-7-15-24-23(27)17-28-2/h5-6,8-9,11-14H,3-4,7,10,15-17H2,1-2H3,(H,24,27). The van der Waals surface area contributed by atoms with Crippen molar-refractivity contribution >= 4 is 16.9 Å². The molecule has 148 valence electrons. The summed E-state index contributed by atoms with van der Waals surface area (Å²) < 4.78 is 7.15. The van der Waals surface area contributed by atoms with E-state index in [0.29, 0.717) is 6.54 Å². The van der Waals surface area contributed by atoms with Gasteiger partial charge in [0.2, 0.25) is 5.91 Å². The number of unbranched alkanes of at least 4 members (excludes halogenated alkanes) is 2. The average molecular weight is 380 g/mol. The van der Waals surface area contributed by atoms with Crippen molar-refractivity contribution in [1.82, 2.24) is 14.9 Å². The molecule has 2 aromatic carbocycles. The van der Waals surface area contributed by atoms with E-state index in [1.807, 2.05) is 6.07 Å². The fourth-order valence-corrected chi connectivity index (χ4v) is 3.36. The van der Waals surface area contributed by atoms with Gasteiger partial charge in [-0.3, -0.25) is 4.79 Å². The van der Waals surface area contributed by atoms with Crippen LogP contribution in [0.2, 0.25) is 0 Å². The van der Waals surface area contributed by atoms with E-state index in [1.54, 1.807) is 0 Å². The molecular formula is C23H29N3O2. The first kappa shape index (κ1) is 20.1. The number of hydrogen-bond acceptors (Lipinski definition) is 3. The Morgan fingerprint density at radius 3 is 2.64 bits per heavy atom. The van der Waals surface area contributed by atoms with Crippen LogP contribution in [0.4, 0.5) is 0 Å². The topological polar surface area (TPSA) is 56.1 Å². The number of aryl methyl sites for hydroxylation is 2. The van der Waals surface area contributed by atoms with Crippen LogP contribution in [-0.2, 0) is 22.5 Å². The minimum atomic E-state index is -0.0533. The maximum absolute atomic E-state index is 11.4. The molecule has 1 N–H and O–H groups in total. The molecule has 0 spiro atoms. The number of rotatable bonds is 10. The van der Waals surface area contributed by atoms with Crippen molar-refractivity contribution in [3.05, 3.63) is 65.5 Å². The first-order valence-electron chi connectivity index (χ1n) is 9.92. The van der Waals surface area contributed by atoms with E-state index in [2.05, 4.69) is 59.3 Å². The van der Waals surface area contributed by atoms with Gasteiger partial charge < -0.3 is 14.6 Å². The third-order valence-corrected chi connectivity index (χ3v) is 4.87. The van der Waals surface area contributed by atoms with Gasteiger partial charge in [-0.2, -0.15) is 0 Å². The lowest BCUT2D eigenvalue weighted by Crippen LogP contribution is -2.27. The molecule has 0 radical (unpaired) electrons. The van der Waals surface area contributed by atoms with Gasteiger partial charge in [0.25, 0.3) is 0 Å². The number of imidazole rings is 1. The SMILES string of the molecule is COCC(=O)NCCCCCc1nc2ccccc2n1Cc1ccc(C)cc1. The number of carbonyl (C=O) groups excluding carboxylic acids is 1. The number of carbonyl (C=O) groups is 1. The Balaban J connectivity index is 1.61. The fraction of sp³-hybridized carbons (Fsp3) is 0.391. The van der Waals surface area contributed by atoms with Crippen molar-refractivity contribution in [3.8, 4) is 0 Å². The number of methoxy groups -OCH3 is 1. The fourth-order valence-electron chi connectivity index (χ4n) is 3.36. The smallest absolute Gasteiger partial charge is 0.245 e. The number of aromatic nitrogens is 2. The Bertz CT molecular complexity index is 900. The number of nitrogens with one attached hydrogen (secondary N) is 1. The Kier molecular flexibility index (Phi) is 7.20. The largest absolute Gasteiger partial charge is 0.375 e. The first-order chi connectivity index (χ1) is 13.7. The summed E-state index contributed by atoms with van der Waals surface area (Å²) in [5, 5.41) is 2.87. The zero-order valence-electron chi connectivity index (χ0n) is 16.8. The number of nitrogens with zero attached hydrogens (tertiary/aromatic N) is 2. The van der Waals surface area contributed by atoms with Crippen LogP contribution in [0.5, 0.6) is 0 Å². The predicted molar refractivity (Wildman–Crippen MR) is 112 cm³/mol. The molecule has 28 heavy (non-hydrogen) atoms. The Morgan fingerprint density at radius 2 is 1.86 bits per heavy atom. The lowest BCUT2D eigenvalue weighted by Gasteiger charge is -2.10. The van der Waals surface area contributed by atoms with Gasteiger partial charge in [-0.1, -0.05) is 48.4 Å². The molecule has 0 aliphatic heterocycles. The van der Waals surface area contributed by atoms with Crippen LogP contribution in [0.3, 0.4) is 0 Å². The van der Waals surface area contributed by atoms with Crippen LogP contribution in [0, 0.1) is 6.92 Å². The van der Waals surface area contributed by atoms with Crippen LogP contribution in [0.15, 0.2) is 48.5 Å². The summed E-state index contributed by atoms with van der Waals surface area (Å²) in [4.78, 5) is 16.3. The second-order valence-corrected chi connectivity index (χ2v) is 7.18. The summed E-state index contributed by atoms with van der Waals surface area (Å²) in [5.41, 5.74) is 4.80. The molecule has 3 aromatic rings. The number of ether oxygens (including phenoxy) is 1. The zero-order valence-corrected chi connectivity index (χ0v) is 16.8. The van der Waals surface area contributed by atoms with Crippen molar-refractivity contribution in [2.24, 2.45) is 0 Å². The maximum Gasteiger partial charge on any atom is 0.245 e. The molecule has 0 saturated heterocycles. The summed E-state index contributed by atoms with van der Waals surface area (Å²) in [5.74, 6) is 1.08. The third kappa shape index (κ3) is 5.42. The molecule has 0 atom stereocenters. The first-order valence-corrected chi connectivity index (χ1v) is 9.92. The van der Waals surface area contributed by atoms with Crippen molar-refractivity contribution in [2.45, 2.75) is 39.2 Å². The van der Waals surface area contributed by atoms with Gasteiger partial charge >= 0.3 is 0 Å². The molecule has 0 bridgehead atoms. The average Bonchev–Trinajstić information content (AvgIpc) is 3.04. The number of para-hydroxylation sites is 2. The lowest BCUT2D eigenvalue weighted by molar-refractivity contribution is -0.124. The molecule has 3 rings (SSSR count). The number of fused-ring (bicyclic) bond motifs is 1. The number of benzene rings is 2. The number of amides is 1. The van der Waals surface area contributed by atoms with Crippen LogP contribution < -0.4 is 5.32 Å². The minimum Gasteiger partial charge on any atom is -0.375 e. The molecule has 0 aliphatic carbocycles. The quantitative estimate of drug-likeness (QED) is 0.544. The Hall–Kier alpha value is -2.66. The lowest BCUT2D eigenvalue weighted by atomic mass is 10.1. The number of hydrogen-bond donors (Lipinski definition) is 1. The monoisotopic (exact) mass is 379 g/mol. The predicted octanol–water partition coefficient (Wildman–Crippen LogP) is 3.87. The molecule has 1 heterocycles. The maximum atomic E-state index is 11.4. The van der Waals surface area contributed by atoms with Gasteiger partial charge in [0.15, 0.2) is 0 Å². The van der Waals surface area contributed by atoms with Crippen molar-refractivity contribution < 1.29 is 9.53 Å². The van der Waals surface area contributed by atoms with Crippen LogP contribution >= 0.6 is 0 Å². The summed E-state index contributed by atoms with van der Waals surface area (Å²) in [6, 6.07) is 17.0. The summed E-state index contributed by atoms with van der Waals surface area (Å²) in [6.07, 6.45) is 4.01. The van der Waals surface area contributed by atoms with Crippen LogP contribution in [0.1, 0.15) is 36.2 Å². The highest BCUT2D eigenvalue weighted by Gasteiger charge is 2.10. The van der Waals surface area contributed by atoms with Crippen molar-refractivity contribution in [3.63, 3.8) is 0 Å². The van der Waals surface area contributed by atoms with Gasteiger partial charge in [-0.25, -0.2) is 4.98 Å². The van der Waals surface area contributed by atoms with Gasteiger partial charge in [-0.15, -0.1) is 0 Å². The van der Waals surface area contributed by atoms with Gasteiger partial charge in [0.05, 0.1) is 11.0 Å². The minimum absolute atomic E-state index is 0.0533. The summed E-state index contributed by atoms with van der Waals surface area (Å²) in [7, 11) is 1.53. The summed E-state index contributed by atoms with van der Waals surface area (Å²) in [6.45, 7) is 3.77. The molecule has 5 heteroatoms. The van der Waals surface area contributed by atoms with E-state index >= 15 is 0 Å². The van der Waals surface area contributed by atoms with Crippen LogP contribution in [-0.4, -0.2) is 35.7 Å². The van der Waals surface area contributed by atoms with Crippen molar-refractivity contribution in [2.75, 3.05) is 20.3 Å². The van der Waals surface area contributed by atoms with E-state index in [4.69, 9.17) is 9.72 Å². The Labute approximate surface area is 166 Å². The molecule has 5 nitrogen and oxygen atoms in total. The van der Waals surface area contributed by atoms with Gasteiger partial charge in [0.1, 0.15) is 12.4 Å². The highest BCUT2D eigenvalue weighted by atomic mass is 16.5. The highest BCUT2D eigenvalue weighted by molar-refractivity contribution is 5.77. The molecule has 1 amide bonds. The van der Waals surface area contributed by atoms with E-state index in [0.717, 1.165) is 43.6 Å². The van der Waals surface area contributed by atoms with Gasteiger partial charge in [0, 0.05) is 26.6 Å². The van der Waals surface area contributed by atoms with E-state index < -0.39 is 0 Å². The normalized spacial score (nSPS) is 11.1. The third-order valence-electron chi connectivity index (χ3n) is 4.87. The van der Waals surface area contributed by atoms with Gasteiger partial charge in [-0.05, 0) is 37.5 Å². The molecule has 0 fully saturated rings. The Morgan fingerprint density at radius 1 is 1.07 bits per heavy atom. The van der Waals surface area contributed by atoms with E-state index in [1.165, 1.54) is 23.8 Å². The molecule has 0 aliphatic rings.